The Hall–Kier alpha value is -1.40. The molecule has 0 aromatic carbocycles. The molecule has 110 valence electrons. The highest BCUT2D eigenvalue weighted by molar-refractivity contribution is 7.12. The van der Waals surface area contributed by atoms with Crippen LogP contribution in [-0.4, -0.2) is 35.1 Å². The number of rotatable bonds is 4. The Balaban J connectivity index is 1.84. The van der Waals surface area contributed by atoms with Crippen LogP contribution in [0.5, 0.6) is 0 Å². The molecule has 3 N–H and O–H groups in total. The number of nitrogens with one attached hydrogen (secondary N) is 2. The van der Waals surface area contributed by atoms with Gasteiger partial charge in [0.1, 0.15) is 6.04 Å². The molecule has 1 saturated carbocycles. The van der Waals surface area contributed by atoms with Gasteiger partial charge in [0.05, 0.1) is 17.0 Å². The van der Waals surface area contributed by atoms with Gasteiger partial charge in [-0.1, -0.05) is 18.9 Å². The number of carbonyl (C=O) groups excluding carboxylic acids is 2. The van der Waals surface area contributed by atoms with E-state index in [2.05, 4.69) is 10.6 Å². The zero-order chi connectivity index (χ0) is 14.5. The normalized spacial score (nSPS) is 23.9. The fourth-order valence-electron chi connectivity index (χ4n) is 2.33. The summed E-state index contributed by atoms with van der Waals surface area (Å²) in [5.74, 6) is -0.493. The first kappa shape index (κ1) is 15.0. The number of thiophene rings is 1. The second-order valence-electron chi connectivity index (χ2n) is 5.14. The summed E-state index contributed by atoms with van der Waals surface area (Å²) in [7, 11) is 0. The highest BCUT2D eigenvalue weighted by Crippen LogP contribution is 2.18. The summed E-state index contributed by atoms with van der Waals surface area (Å²) in [6.45, 7) is 1.65. The molecule has 2 amide bonds. The van der Waals surface area contributed by atoms with Gasteiger partial charge in [-0.3, -0.25) is 9.59 Å². The largest absolute Gasteiger partial charge is 0.391 e. The van der Waals surface area contributed by atoms with Crippen LogP contribution < -0.4 is 10.6 Å². The van der Waals surface area contributed by atoms with Crippen LogP contribution in [0, 0.1) is 0 Å². The van der Waals surface area contributed by atoms with Crippen LogP contribution in [0.4, 0.5) is 0 Å². The lowest BCUT2D eigenvalue weighted by Gasteiger charge is -2.29. The number of aliphatic hydroxyl groups is 1. The Labute approximate surface area is 122 Å². The summed E-state index contributed by atoms with van der Waals surface area (Å²) in [4.78, 5) is 24.5. The molecule has 1 heterocycles. The van der Waals surface area contributed by atoms with Crippen LogP contribution in [-0.2, 0) is 4.79 Å². The molecular formula is C14H20N2O3S. The predicted molar refractivity (Wildman–Crippen MR) is 77.7 cm³/mol. The highest BCUT2D eigenvalue weighted by atomic mass is 32.1. The van der Waals surface area contributed by atoms with Gasteiger partial charge in [-0.25, -0.2) is 0 Å². The molecule has 0 spiro atoms. The van der Waals surface area contributed by atoms with E-state index >= 15 is 0 Å². The Morgan fingerprint density at radius 3 is 2.80 bits per heavy atom. The third kappa shape index (κ3) is 3.80. The summed E-state index contributed by atoms with van der Waals surface area (Å²) >= 11 is 1.34. The van der Waals surface area contributed by atoms with Gasteiger partial charge in [-0.2, -0.15) is 0 Å². The van der Waals surface area contributed by atoms with E-state index in [1.807, 2.05) is 5.38 Å². The molecule has 1 aliphatic rings. The van der Waals surface area contributed by atoms with Crippen molar-refractivity contribution in [1.82, 2.24) is 10.6 Å². The van der Waals surface area contributed by atoms with Gasteiger partial charge in [-0.05, 0) is 31.2 Å². The van der Waals surface area contributed by atoms with E-state index in [-0.39, 0.29) is 17.9 Å². The smallest absolute Gasteiger partial charge is 0.261 e. The van der Waals surface area contributed by atoms with E-state index in [0.29, 0.717) is 4.88 Å². The molecule has 3 atom stereocenters. The summed E-state index contributed by atoms with van der Waals surface area (Å²) in [6.07, 6.45) is 3.04. The topological polar surface area (TPSA) is 78.4 Å². The van der Waals surface area contributed by atoms with Crippen molar-refractivity contribution in [2.24, 2.45) is 0 Å². The molecule has 0 bridgehead atoms. The fraction of sp³-hybridized carbons (Fsp3) is 0.571. The van der Waals surface area contributed by atoms with Gasteiger partial charge in [0, 0.05) is 0 Å². The molecular weight excluding hydrogens is 276 g/mol. The Morgan fingerprint density at radius 1 is 1.40 bits per heavy atom. The van der Waals surface area contributed by atoms with Crippen molar-refractivity contribution in [3.05, 3.63) is 22.4 Å². The van der Waals surface area contributed by atoms with E-state index in [4.69, 9.17) is 0 Å². The lowest BCUT2D eigenvalue weighted by atomic mass is 9.92. The van der Waals surface area contributed by atoms with Gasteiger partial charge in [0.25, 0.3) is 5.91 Å². The second kappa shape index (κ2) is 6.85. The second-order valence-corrected chi connectivity index (χ2v) is 6.09. The molecule has 1 aliphatic carbocycles. The van der Waals surface area contributed by atoms with Gasteiger partial charge in [0.2, 0.25) is 5.91 Å². The van der Waals surface area contributed by atoms with Crippen molar-refractivity contribution in [3.8, 4) is 0 Å². The first-order valence-electron chi connectivity index (χ1n) is 6.90. The summed E-state index contributed by atoms with van der Waals surface area (Å²) in [5.41, 5.74) is 0. The van der Waals surface area contributed by atoms with Gasteiger partial charge >= 0.3 is 0 Å². The van der Waals surface area contributed by atoms with Crippen molar-refractivity contribution >= 4 is 23.2 Å². The first-order valence-corrected chi connectivity index (χ1v) is 7.78. The number of carbonyl (C=O) groups is 2. The van der Waals surface area contributed by atoms with Gasteiger partial charge < -0.3 is 15.7 Å². The lowest BCUT2D eigenvalue weighted by Crippen LogP contribution is -2.52. The summed E-state index contributed by atoms with van der Waals surface area (Å²) in [6, 6.07) is 2.70. The molecule has 2 rings (SSSR count). The highest BCUT2D eigenvalue weighted by Gasteiger charge is 2.26. The van der Waals surface area contributed by atoms with Gasteiger partial charge in [0.15, 0.2) is 0 Å². The minimum atomic E-state index is -0.612. The van der Waals surface area contributed by atoms with Crippen molar-refractivity contribution < 1.29 is 14.7 Å². The van der Waals surface area contributed by atoms with Crippen molar-refractivity contribution in [1.29, 1.82) is 0 Å². The zero-order valence-corrected chi connectivity index (χ0v) is 12.3. The van der Waals surface area contributed by atoms with E-state index in [1.165, 1.54) is 11.3 Å². The monoisotopic (exact) mass is 296 g/mol. The van der Waals surface area contributed by atoms with Crippen LogP contribution in [0.25, 0.3) is 0 Å². The third-order valence-corrected chi connectivity index (χ3v) is 4.41. The molecule has 0 saturated heterocycles. The predicted octanol–water partition coefficient (Wildman–Crippen LogP) is 1.29. The SMILES string of the molecule is CC(NC(=O)c1cccs1)C(=O)NC1CCCCC1O. The molecule has 1 fully saturated rings. The quantitative estimate of drug-likeness (QED) is 0.783. The minimum Gasteiger partial charge on any atom is -0.391 e. The van der Waals surface area contributed by atoms with Crippen LogP contribution in [0.2, 0.25) is 0 Å². The van der Waals surface area contributed by atoms with E-state index in [0.717, 1.165) is 25.7 Å². The van der Waals surface area contributed by atoms with E-state index in [9.17, 15) is 14.7 Å². The maximum absolute atomic E-state index is 12.0. The van der Waals surface area contributed by atoms with Crippen LogP contribution in [0.1, 0.15) is 42.3 Å². The Kier molecular flexibility index (Phi) is 5.14. The van der Waals surface area contributed by atoms with Crippen LogP contribution in [0.3, 0.4) is 0 Å². The van der Waals surface area contributed by atoms with Crippen LogP contribution in [0.15, 0.2) is 17.5 Å². The lowest BCUT2D eigenvalue weighted by molar-refractivity contribution is -0.124. The molecule has 3 unspecified atom stereocenters. The number of aliphatic hydroxyl groups excluding tert-OH is 1. The van der Waals surface area contributed by atoms with Crippen molar-refractivity contribution in [3.63, 3.8) is 0 Å². The Bertz CT molecular complexity index is 461. The summed E-state index contributed by atoms with van der Waals surface area (Å²) < 4.78 is 0. The number of hydrogen-bond donors (Lipinski definition) is 3. The number of amides is 2. The fourth-order valence-corrected chi connectivity index (χ4v) is 2.96. The van der Waals surface area contributed by atoms with Crippen molar-refractivity contribution in [2.75, 3.05) is 0 Å². The zero-order valence-electron chi connectivity index (χ0n) is 11.5. The molecule has 0 aliphatic heterocycles. The number of hydrogen-bond acceptors (Lipinski definition) is 4. The summed E-state index contributed by atoms with van der Waals surface area (Å²) in [5, 5.41) is 17.1. The van der Waals surface area contributed by atoms with Gasteiger partial charge in [-0.15, -0.1) is 11.3 Å². The molecule has 1 aromatic heterocycles. The minimum absolute atomic E-state index is 0.197. The van der Waals surface area contributed by atoms with E-state index in [1.54, 1.807) is 19.1 Å². The molecule has 1 aromatic rings. The first-order chi connectivity index (χ1) is 9.58. The standard InChI is InChI=1S/C14H20N2O3S/c1-9(15-14(19)12-7-4-8-20-12)13(18)16-10-5-2-3-6-11(10)17/h4,7-11,17H,2-3,5-6H2,1H3,(H,15,19)(H,16,18). The molecule has 5 nitrogen and oxygen atoms in total. The average molecular weight is 296 g/mol. The van der Waals surface area contributed by atoms with Crippen molar-refractivity contribution in [2.45, 2.75) is 50.8 Å². The molecule has 20 heavy (non-hydrogen) atoms. The van der Waals surface area contributed by atoms with Crippen LogP contribution >= 0.6 is 11.3 Å². The molecule has 0 radical (unpaired) electrons. The third-order valence-electron chi connectivity index (χ3n) is 3.54. The average Bonchev–Trinajstić information content (AvgIpc) is 2.95. The molecule has 6 heteroatoms. The maximum atomic E-state index is 12.0. The maximum Gasteiger partial charge on any atom is 0.261 e. The van der Waals surface area contributed by atoms with E-state index < -0.39 is 12.1 Å². The Morgan fingerprint density at radius 2 is 2.15 bits per heavy atom.